The van der Waals surface area contributed by atoms with Crippen molar-refractivity contribution in [2.45, 2.75) is 46.8 Å². The quantitative estimate of drug-likeness (QED) is 0.199. The molecule has 1 aromatic carbocycles. The summed E-state index contributed by atoms with van der Waals surface area (Å²) in [5, 5.41) is 6.51. The molecule has 0 aliphatic heterocycles. The van der Waals surface area contributed by atoms with Crippen LogP contribution < -0.4 is 10.1 Å². The average Bonchev–Trinajstić information content (AvgIpc) is 2.68. The van der Waals surface area contributed by atoms with Gasteiger partial charge in [-0.1, -0.05) is 38.9 Å². The zero-order valence-electron chi connectivity index (χ0n) is 18.0. The first-order chi connectivity index (χ1) is 13.9. The zero-order valence-corrected chi connectivity index (χ0v) is 18.0. The van der Waals surface area contributed by atoms with Crippen molar-refractivity contribution in [3.8, 4) is 5.75 Å². The predicted octanol–water partition coefficient (Wildman–Crippen LogP) is 4.56. The monoisotopic (exact) mass is 406 g/mol. The molecule has 0 bridgehead atoms. The number of ether oxygens (including phenoxy) is 3. The fourth-order valence-electron chi connectivity index (χ4n) is 2.44. The minimum atomic E-state index is -0.767. The summed E-state index contributed by atoms with van der Waals surface area (Å²) in [7, 11) is 0. The second kappa shape index (κ2) is 14.7. The number of nitrogens with zero attached hydrogens (tertiary/aromatic N) is 3. The number of amides is 1. The Labute approximate surface area is 173 Å². The third-order valence-electron chi connectivity index (χ3n) is 3.90. The van der Waals surface area contributed by atoms with Gasteiger partial charge in [0.05, 0.1) is 13.2 Å². The Morgan fingerprint density at radius 1 is 1.17 bits per heavy atom. The molecule has 1 rings (SSSR count). The van der Waals surface area contributed by atoms with Gasteiger partial charge in [-0.25, -0.2) is 0 Å². The molecular formula is C21H34N4O4. The smallest absolute Gasteiger partial charge is 0.251 e. The highest BCUT2D eigenvalue weighted by molar-refractivity contribution is 5.94. The summed E-state index contributed by atoms with van der Waals surface area (Å²) in [6.07, 6.45) is 1.26. The maximum atomic E-state index is 12.3. The number of hydrogen-bond acceptors (Lipinski definition) is 5. The lowest BCUT2D eigenvalue weighted by Crippen LogP contribution is -2.25. The summed E-state index contributed by atoms with van der Waals surface area (Å²) in [5.74, 6) is 1.45. The Balaban J connectivity index is 2.45. The molecule has 0 aliphatic rings. The lowest BCUT2D eigenvalue weighted by molar-refractivity contribution is -0.0150. The van der Waals surface area contributed by atoms with E-state index in [-0.39, 0.29) is 12.5 Å². The molecule has 1 aromatic rings. The summed E-state index contributed by atoms with van der Waals surface area (Å²) in [6, 6.07) is 6.89. The third-order valence-corrected chi connectivity index (χ3v) is 3.90. The van der Waals surface area contributed by atoms with Crippen LogP contribution in [0.15, 0.2) is 29.4 Å². The highest BCUT2D eigenvalue weighted by Gasteiger charge is 2.10. The van der Waals surface area contributed by atoms with Crippen molar-refractivity contribution in [3.05, 3.63) is 40.3 Å². The molecule has 1 N–H and O–H groups in total. The number of carbonyl (C=O) groups is 1. The van der Waals surface area contributed by atoms with Crippen LogP contribution in [0.3, 0.4) is 0 Å². The Kier molecular flexibility index (Phi) is 12.5. The van der Waals surface area contributed by atoms with E-state index < -0.39 is 6.23 Å². The van der Waals surface area contributed by atoms with Gasteiger partial charge in [-0.2, -0.15) is 0 Å². The van der Waals surface area contributed by atoms with Crippen LogP contribution in [0.2, 0.25) is 0 Å². The van der Waals surface area contributed by atoms with E-state index in [0.717, 1.165) is 12.8 Å². The van der Waals surface area contributed by atoms with E-state index in [4.69, 9.17) is 19.7 Å². The van der Waals surface area contributed by atoms with Crippen LogP contribution in [0, 0.1) is 11.8 Å². The van der Waals surface area contributed by atoms with Crippen molar-refractivity contribution in [1.29, 1.82) is 0 Å². The third kappa shape index (κ3) is 12.0. The molecule has 1 amide bonds. The number of azide groups is 1. The standard InChI is InChI=1S/C21H34N4O4/c1-16(2)7-6-10-23-21(26)18-8-5-9-19(13-18)29-15-20(24-25-22)28-12-11-27-14-17(3)4/h5,8-9,13,16-17,20H,6-7,10-12,14-15H2,1-4H3,(H,23,26). The topological polar surface area (TPSA) is 106 Å². The molecule has 0 saturated carbocycles. The summed E-state index contributed by atoms with van der Waals surface area (Å²) in [5.41, 5.74) is 9.23. The molecule has 0 saturated heterocycles. The highest BCUT2D eigenvalue weighted by Crippen LogP contribution is 2.14. The minimum Gasteiger partial charge on any atom is -0.491 e. The Hall–Kier alpha value is -2.28. The van der Waals surface area contributed by atoms with Gasteiger partial charge in [0, 0.05) is 23.6 Å². The first kappa shape index (κ1) is 24.8. The van der Waals surface area contributed by atoms with Crippen molar-refractivity contribution in [2.24, 2.45) is 17.0 Å². The maximum absolute atomic E-state index is 12.3. The highest BCUT2D eigenvalue weighted by atomic mass is 16.6. The van der Waals surface area contributed by atoms with Gasteiger partial charge in [-0.05, 0) is 48.4 Å². The predicted molar refractivity (Wildman–Crippen MR) is 113 cm³/mol. The van der Waals surface area contributed by atoms with E-state index in [1.807, 2.05) is 0 Å². The Morgan fingerprint density at radius 2 is 1.97 bits per heavy atom. The van der Waals surface area contributed by atoms with Gasteiger partial charge in [0.25, 0.3) is 5.91 Å². The van der Waals surface area contributed by atoms with E-state index in [1.165, 1.54) is 0 Å². The average molecular weight is 407 g/mol. The molecule has 1 unspecified atom stereocenters. The van der Waals surface area contributed by atoms with Gasteiger partial charge < -0.3 is 19.5 Å². The molecule has 8 nitrogen and oxygen atoms in total. The molecule has 162 valence electrons. The number of rotatable bonds is 15. The molecule has 8 heteroatoms. The van der Waals surface area contributed by atoms with Gasteiger partial charge in [0.15, 0.2) is 6.23 Å². The molecule has 1 atom stereocenters. The van der Waals surface area contributed by atoms with Gasteiger partial charge >= 0.3 is 0 Å². The molecule has 0 heterocycles. The van der Waals surface area contributed by atoms with Crippen molar-refractivity contribution in [1.82, 2.24) is 5.32 Å². The van der Waals surface area contributed by atoms with E-state index in [1.54, 1.807) is 24.3 Å². The first-order valence-electron chi connectivity index (χ1n) is 10.2. The van der Waals surface area contributed by atoms with Crippen LogP contribution in [0.4, 0.5) is 0 Å². The summed E-state index contributed by atoms with van der Waals surface area (Å²) >= 11 is 0. The van der Waals surface area contributed by atoms with E-state index in [9.17, 15) is 4.79 Å². The number of nitrogens with one attached hydrogen (secondary N) is 1. The first-order valence-corrected chi connectivity index (χ1v) is 10.2. The number of benzene rings is 1. The molecule has 0 radical (unpaired) electrons. The van der Waals surface area contributed by atoms with E-state index >= 15 is 0 Å². The van der Waals surface area contributed by atoms with E-state index in [0.29, 0.717) is 49.5 Å². The maximum Gasteiger partial charge on any atom is 0.251 e. The van der Waals surface area contributed by atoms with Gasteiger partial charge in [0.2, 0.25) is 0 Å². The van der Waals surface area contributed by atoms with Crippen LogP contribution in [0.5, 0.6) is 5.75 Å². The normalized spacial score (nSPS) is 11.9. The fraction of sp³-hybridized carbons (Fsp3) is 0.667. The number of hydrogen-bond donors (Lipinski definition) is 1. The largest absolute Gasteiger partial charge is 0.491 e. The molecule has 0 spiro atoms. The minimum absolute atomic E-state index is 0.0493. The Morgan fingerprint density at radius 3 is 2.66 bits per heavy atom. The second-order valence-electron chi connectivity index (χ2n) is 7.63. The molecule has 29 heavy (non-hydrogen) atoms. The summed E-state index contributed by atoms with van der Waals surface area (Å²) in [4.78, 5) is 15.1. The van der Waals surface area contributed by atoms with Gasteiger partial charge in [0.1, 0.15) is 12.4 Å². The lowest BCUT2D eigenvalue weighted by atomic mass is 10.1. The van der Waals surface area contributed by atoms with Crippen LogP contribution in [0.25, 0.3) is 10.4 Å². The molecule has 0 aliphatic carbocycles. The van der Waals surface area contributed by atoms with Crippen molar-refractivity contribution < 1.29 is 19.0 Å². The van der Waals surface area contributed by atoms with Crippen LogP contribution in [-0.2, 0) is 9.47 Å². The molecule has 0 fully saturated rings. The summed E-state index contributed by atoms with van der Waals surface area (Å²) < 4.78 is 16.6. The fourth-order valence-corrected chi connectivity index (χ4v) is 2.44. The van der Waals surface area contributed by atoms with Gasteiger partial charge in [-0.15, -0.1) is 0 Å². The van der Waals surface area contributed by atoms with Crippen LogP contribution in [0.1, 0.15) is 50.9 Å². The second-order valence-corrected chi connectivity index (χ2v) is 7.63. The zero-order chi connectivity index (χ0) is 21.5. The van der Waals surface area contributed by atoms with Crippen molar-refractivity contribution >= 4 is 5.91 Å². The molecular weight excluding hydrogens is 372 g/mol. The SMILES string of the molecule is CC(C)CCCNC(=O)c1cccc(OCC(N=[N+]=[N-])OCCOCC(C)C)c1. The molecule has 0 aromatic heterocycles. The Bertz CT molecular complexity index is 645. The van der Waals surface area contributed by atoms with Gasteiger partial charge in [-0.3, -0.25) is 4.79 Å². The lowest BCUT2D eigenvalue weighted by Gasteiger charge is -2.15. The van der Waals surface area contributed by atoms with Crippen LogP contribution in [-0.4, -0.2) is 45.1 Å². The van der Waals surface area contributed by atoms with E-state index in [2.05, 4.69) is 43.0 Å². The summed E-state index contributed by atoms with van der Waals surface area (Å²) in [6.45, 7) is 10.5. The van der Waals surface area contributed by atoms with Crippen molar-refractivity contribution in [3.63, 3.8) is 0 Å². The van der Waals surface area contributed by atoms with Crippen molar-refractivity contribution in [2.75, 3.05) is 33.0 Å². The van der Waals surface area contributed by atoms with Crippen LogP contribution >= 0.6 is 0 Å². The number of carbonyl (C=O) groups excluding carboxylic acids is 1.